The van der Waals surface area contributed by atoms with Gasteiger partial charge in [0, 0.05) is 16.7 Å². The van der Waals surface area contributed by atoms with Gasteiger partial charge in [0.15, 0.2) is 35.7 Å². The van der Waals surface area contributed by atoms with Crippen LogP contribution in [0, 0.1) is 0 Å². The summed E-state index contributed by atoms with van der Waals surface area (Å²) in [7, 11) is -5.07. The largest absolute Gasteiger partial charge is 0.477 e. The maximum Gasteiger partial charge on any atom is 0.477 e. The zero-order chi connectivity index (χ0) is 34.8. The third kappa shape index (κ3) is 8.35. The Morgan fingerprint density at radius 1 is 0.340 bits per heavy atom. The highest BCUT2D eigenvalue weighted by Gasteiger charge is 2.44. The molecule has 0 saturated carbocycles. The quantitative estimate of drug-likeness (QED) is 0.0787. The van der Waals surface area contributed by atoms with Crippen LogP contribution in [-0.2, 0) is 18.1 Å². The Morgan fingerprint density at radius 3 is 0.760 bits per heavy atom. The van der Waals surface area contributed by atoms with Gasteiger partial charge in [-0.1, -0.05) is 182 Å². The number of phosphoric ester groups is 1. The van der Waals surface area contributed by atoms with Crippen molar-refractivity contribution in [1.29, 1.82) is 0 Å². The lowest BCUT2D eigenvalue weighted by Gasteiger charge is -2.29. The molecule has 8 heteroatoms. The number of carbonyl (C=O) groups is 3. The van der Waals surface area contributed by atoms with Crippen LogP contribution in [0.4, 0.5) is 0 Å². The molecule has 3 atom stereocenters. The monoisotopic (exact) mass is 680 g/mol. The molecule has 0 aliphatic rings. The van der Waals surface area contributed by atoms with Crippen molar-refractivity contribution >= 4 is 25.2 Å². The first-order chi connectivity index (χ1) is 24.4. The van der Waals surface area contributed by atoms with Gasteiger partial charge in [0.05, 0.1) is 0 Å². The number of rotatable bonds is 15. The van der Waals surface area contributed by atoms with Gasteiger partial charge in [-0.25, -0.2) is 4.57 Å². The maximum absolute atomic E-state index is 15.4. The smallest absolute Gasteiger partial charge is 0.291 e. The molecule has 3 unspecified atom stereocenters. The summed E-state index contributed by atoms with van der Waals surface area (Å²) < 4.78 is 34.3. The summed E-state index contributed by atoms with van der Waals surface area (Å²) in [5.41, 5.74) is 1.95. The van der Waals surface area contributed by atoms with E-state index in [-0.39, 0.29) is 16.7 Å². The first-order valence-electron chi connectivity index (χ1n) is 16.0. The minimum atomic E-state index is -5.07. The Hall–Kier alpha value is -5.56. The summed E-state index contributed by atoms with van der Waals surface area (Å²) in [6.45, 7) is 0. The molecule has 0 heterocycles. The van der Waals surface area contributed by atoms with Gasteiger partial charge in [-0.3, -0.25) is 28.0 Å². The molecule has 248 valence electrons. The normalized spacial score (nSPS) is 14.1. The molecular weight excluding hydrogens is 647 g/mol. The summed E-state index contributed by atoms with van der Waals surface area (Å²) >= 11 is 0. The molecule has 0 spiro atoms. The number of hydrogen-bond acceptors (Lipinski definition) is 7. The highest BCUT2D eigenvalue weighted by Crippen LogP contribution is 2.60. The van der Waals surface area contributed by atoms with Gasteiger partial charge < -0.3 is 0 Å². The molecule has 50 heavy (non-hydrogen) atoms. The van der Waals surface area contributed by atoms with Crippen molar-refractivity contribution in [2.24, 2.45) is 0 Å². The minimum absolute atomic E-state index is 0.285. The molecule has 6 rings (SSSR count). The second kappa shape index (κ2) is 16.2. The van der Waals surface area contributed by atoms with E-state index in [0.717, 1.165) is 0 Å². The van der Waals surface area contributed by atoms with Gasteiger partial charge in [0.2, 0.25) is 0 Å². The molecule has 6 aromatic rings. The SMILES string of the molecule is O=C(c1ccccc1)C(OP(=O)(OC(C(=O)c1ccccc1)c1ccccc1)OC(C(=O)c1ccccc1)c1ccccc1)c1ccccc1. The lowest BCUT2D eigenvalue weighted by Crippen LogP contribution is -2.23. The highest BCUT2D eigenvalue weighted by molar-refractivity contribution is 7.48. The standard InChI is InChI=1S/C42H33O7P/c43-37(31-19-7-1-8-20-31)40(34-25-13-4-14-26-34)47-50(46,48-41(35-27-15-5-16-28-35)38(44)32-21-9-2-10-22-32)49-42(36-29-17-6-18-30-36)39(45)33-23-11-3-12-24-33/h1-30,40-42H. The highest BCUT2D eigenvalue weighted by atomic mass is 31.2. The number of phosphoric acid groups is 1. The molecule has 0 radical (unpaired) electrons. The van der Waals surface area contributed by atoms with Gasteiger partial charge in [-0.2, -0.15) is 0 Å². The summed E-state index contributed by atoms with van der Waals surface area (Å²) in [5.74, 6) is -1.58. The maximum atomic E-state index is 15.4. The summed E-state index contributed by atoms with van der Waals surface area (Å²) in [6.07, 6.45) is -4.51. The molecule has 0 bridgehead atoms. The molecule has 7 nitrogen and oxygen atoms in total. The van der Waals surface area contributed by atoms with E-state index in [9.17, 15) is 14.4 Å². The zero-order valence-corrected chi connectivity index (χ0v) is 27.8. The van der Waals surface area contributed by atoms with Crippen LogP contribution in [0.3, 0.4) is 0 Å². The summed E-state index contributed by atoms with van der Waals surface area (Å²) in [5, 5.41) is 0. The minimum Gasteiger partial charge on any atom is -0.291 e. The van der Waals surface area contributed by atoms with Crippen LogP contribution in [0.15, 0.2) is 182 Å². The molecule has 0 N–H and O–H groups in total. The van der Waals surface area contributed by atoms with Gasteiger partial charge in [-0.15, -0.1) is 0 Å². The van der Waals surface area contributed by atoms with E-state index in [1.54, 1.807) is 182 Å². The summed E-state index contributed by atoms with van der Waals surface area (Å²) in [4.78, 5) is 42.5. The topological polar surface area (TPSA) is 96.0 Å². The molecule has 0 saturated heterocycles. The third-order valence-corrected chi connectivity index (χ3v) is 9.31. The van der Waals surface area contributed by atoms with Crippen LogP contribution in [0.5, 0.6) is 0 Å². The molecular formula is C42H33O7P. The van der Waals surface area contributed by atoms with Crippen molar-refractivity contribution in [3.8, 4) is 0 Å². The van der Waals surface area contributed by atoms with Crippen LogP contribution >= 0.6 is 7.82 Å². The van der Waals surface area contributed by atoms with E-state index < -0.39 is 43.5 Å². The number of hydrogen-bond donors (Lipinski definition) is 0. The lowest BCUT2D eigenvalue weighted by molar-refractivity contribution is 0.0261. The molecule has 0 aliphatic carbocycles. The average molecular weight is 681 g/mol. The van der Waals surface area contributed by atoms with Crippen LogP contribution in [0.25, 0.3) is 0 Å². The fraction of sp³-hybridized carbons (Fsp3) is 0.0714. The third-order valence-electron chi connectivity index (χ3n) is 7.90. The first-order valence-corrected chi connectivity index (χ1v) is 17.5. The molecule has 0 aromatic heterocycles. The predicted molar refractivity (Wildman–Crippen MR) is 191 cm³/mol. The van der Waals surface area contributed by atoms with Gasteiger partial charge in [0.25, 0.3) is 0 Å². The van der Waals surface area contributed by atoms with Crippen LogP contribution in [-0.4, -0.2) is 17.3 Å². The number of Topliss-reactive ketones (excluding diaryl/α,β-unsaturated/α-hetero) is 3. The van der Waals surface area contributed by atoms with E-state index >= 15 is 4.57 Å². The molecule has 0 amide bonds. The second-order valence-corrected chi connectivity index (χ2v) is 12.9. The average Bonchev–Trinajstić information content (AvgIpc) is 3.19. The number of carbonyl (C=O) groups excluding carboxylic acids is 3. The van der Waals surface area contributed by atoms with Crippen molar-refractivity contribution in [3.05, 3.63) is 215 Å². The van der Waals surface area contributed by atoms with Crippen LogP contribution < -0.4 is 0 Å². The van der Waals surface area contributed by atoms with Crippen molar-refractivity contribution in [3.63, 3.8) is 0 Å². The molecule has 0 aliphatic heterocycles. The van der Waals surface area contributed by atoms with Crippen molar-refractivity contribution in [2.45, 2.75) is 18.3 Å². The van der Waals surface area contributed by atoms with Gasteiger partial charge >= 0.3 is 7.82 Å². The fourth-order valence-electron chi connectivity index (χ4n) is 5.39. The van der Waals surface area contributed by atoms with E-state index in [2.05, 4.69) is 0 Å². The Labute approximate surface area is 290 Å². The summed E-state index contributed by atoms with van der Waals surface area (Å²) in [6, 6.07) is 50.8. The second-order valence-electron chi connectivity index (χ2n) is 11.3. The van der Waals surface area contributed by atoms with Crippen molar-refractivity contribution in [2.75, 3.05) is 0 Å². The lowest BCUT2D eigenvalue weighted by atomic mass is 10.0. The van der Waals surface area contributed by atoms with Gasteiger partial charge in [0.1, 0.15) is 0 Å². The first kappa shape index (κ1) is 34.3. The Morgan fingerprint density at radius 2 is 0.540 bits per heavy atom. The number of ketones is 3. The Bertz CT molecular complexity index is 1820. The Kier molecular flexibility index (Phi) is 11.1. The van der Waals surface area contributed by atoms with E-state index in [1.165, 1.54) is 0 Å². The van der Waals surface area contributed by atoms with Crippen LogP contribution in [0.1, 0.15) is 66.1 Å². The molecule has 0 fully saturated rings. The predicted octanol–water partition coefficient (Wildman–Crippen LogP) is 10.0. The zero-order valence-electron chi connectivity index (χ0n) is 26.9. The van der Waals surface area contributed by atoms with Crippen LogP contribution in [0.2, 0.25) is 0 Å². The number of benzene rings is 6. The van der Waals surface area contributed by atoms with E-state index in [4.69, 9.17) is 13.6 Å². The fourth-order valence-corrected chi connectivity index (χ4v) is 6.96. The van der Waals surface area contributed by atoms with Crippen molar-refractivity contribution < 1.29 is 32.5 Å². The van der Waals surface area contributed by atoms with E-state index in [0.29, 0.717) is 16.7 Å². The van der Waals surface area contributed by atoms with E-state index in [1.807, 2.05) is 0 Å². The van der Waals surface area contributed by atoms with Gasteiger partial charge in [-0.05, 0) is 16.7 Å². The van der Waals surface area contributed by atoms with Crippen molar-refractivity contribution in [1.82, 2.24) is 0 Å². The Balaban J connectivity index is 1.50. The molecule has 6 aromatic carbocycles.